The van der Waals surface area contributed by atoms with E-state index in [2.05, 4.69) is 64.2 Å². The minimum Gasteiger partial charge on any atom is -0.302 e. The molecule has 102 valence electrons. The lowest BCUT2D eigenvalue weighted by Gasteiger charge is -2.20. The molecule has 0 fully saturated rings. The summed E-state index contributed by atoms with van der Waals surface area (Å²) in [6.45, 7) is 10.7. The normalized spacial score (nSPS) is 12.9. The van der Waals surface area contributed by atoms with Gasteiger partial charge in [-0.1, -0.05) is 29.8 Å². The molecule has 1 aromatic heterocycles. The van der Waals surface area contributed by atoms with E-state index in [1.165, 1.54) is 16.0 Å². The van der Waals surface area contributed by atoms with E-state index in [9.17, 15) is 0 Å². The predicted molar refractivity (Wildman–Crippen MR) is 82.9 cm³/mol. The van der Waals surface area contributed by atoms with Crippen LogP contribution in [0, 0.1) is 20.8 Å². The fourth-order valence-corrected chi connectivity index (χ4v) is 3.13. The van der Waals surface area contributed by atoms with Gasteiger partial charge in [-0.15, -0.1) is 11.3 Å². The molecule has 0 radical (unpaired) electrons. The third-order valence-corrected chi connectivity index (χ3v) is 4.31. The summed E-state index contributed by atoms with van der Waals surface area (Å²) in [4.78, 5) is 6.03. The number of hydrogen-bond donors (Lipinski definition) is 1. The van der Waals surface area contributed by atoms with Crippen molar-refractivity contribution >= 4 is 11.3 Å². The molecule has 0 aliphatic rings. The number of aryl methyl sites for hydroxylation is 3. The molecule has 0 saturated heterocycles. The van der Waals surface area contributed by atoms with Gasteiger partial charge in [0.25, 0.3) is 0 Å². The Bertz CT molecular complexity index is 538. The molecule has 2 aromatic rings. The van der Waals surface area contributed by atoms with Crippen LogP contribution in [-0.4, -0.2) is 11.0 Å². The van der Waals surface area contributed by atoms with Crippen LogP contribution in [0.5, 0.6) is 0 Å². The van der Waals surface area contributed by atoms with Crippen LogP contribution in [0.25, 0.3) is 0 Å². The van der Waals surface area contributed by atoms with E-state index in [4.69, 9.17) is 4.98 Å². The highest BCUT2D eigenvalue weighted by atomic mass is 32.1. The highest BCUT2D eigenvalue weighted by Crippen LogP contribution is 2.28. The summed E-state index contributed by atoms with van der Waals surface area (Å²) in [5.74, 6) is 0. The van der Waals surface area contributed by atoms with Crippen molar-refractivity contribution in [2.75, 3.05) is 0 Å². The van der Waals surface area contributed by atoms with Gasteiger partial charge in [0.15, 0.2) is 0 Å². The highest BCUT2D eigenvalue weighted by molar-refractivity contribution is 7.11. The van der Waals surface area contributed by atoms with Crippen LogP contribution in [0.15, 0.2) is 24.3 Å². The predicted octanol–water partition coefficient (Wildman–Crippen LogP) is 4.16. The number of nitrogens with zero attached hydrogens (tertiary/aromatic N) is 1. The molecule has 1 unspecified atom stereocenters. The van der Waals surface area contributed by atoms with Gasteiger partial charge < -0.3 is 5.32 Å². The number of thiazole rings is 1. The summed E-state index contributed by atoms with van der Waals surface area (Å²) in [5.41, 5.74) is 3.73. The lowest BCUT2D eigenvalue weighted by atomic mass is 10.0. The third-order valence-electron chi connectivity index (χ3n) is 3.17. The zero-order chi connectivity index (χ0) is 14.0. The smallest absolute Gasteiger partial charge is 0.115 e. The number of nitrogens with one attached hydrogen (secondary N) is 1. The van der Waals surface area contributed by atoms with Crippen LogP contribution in [0.3, 0.4) is 0 Å². The van der Waals surface area contributed by atoms with Crippen molar-refractivity contribution in [3.05, 3.63) is 51.0 Å². The van der Waals surface area contributed by atoms with Crippen molar-refractivity contribution in [1.82, 2.24) is 10.3 Å². The summed E-state index contributed by atoms with van der Waals surface area (Å²) in [5, 5.41) is 4.79. The first kappa shape index (κ1) is 14.2. The lowest BCUT2D eigenvalue weighted by Crippen LogP contribution is -2.29. The van der Waals surface area contributed by atoms with Crippen LogP contribution >= 0.6 is 11.3 Å². The molecule has 19 heavy (non-hydrogen) atoms. The Labute approximate surface area is 119 Å². The minimum atomic E-state index is 0.192. The Hall–Kier alpha value is -1.19. The summed E-state index contributed by atoms with van der Waals surface area (Å²) >= 11 is 1.79. The fraction of sp³-hybridized carbons (Fsp3) is 0.438. The molecule has 3 heteroatoms. The van der Waals surface area contributed by atoms with Gasteiger partial charge in [-0.25, -0.2) is 4.98 Å². The molecular formula is C16H22N2S. The van der Waals surface area contributed by atoms with Crippen LogP contribution in [-0.2, 0) is 0 Å². The Balaban J connectivity index is 2.41. The van der Waals surface area contributed by atoms with Crippen LogP contribution in [0.4, 0.5) is 0 Å². The van der Waals surface area contributed by atoms with Gasteiger partial charge in [-0.3, -0.25) is 0 Å². The first-order valence-corrected chi connectivity index (χ1v) is 7.55. The maximum absolute atomic E-state index is 4.73. The molecular weight excluding hydrogens is 252 g/mol. The summed E-state index contributed by atoms with van der Waals surface area (Å²) < 4.78 is 0. The minimum absolute atomic E-state index is 0.192. The maximum atomic E-state index is 4.73. The molecule has 0 aliphatic heterocycles. The van der Waals surface area contributed by atoms with E-state index < -0.39 is 0 Å². The zero-order valence-electron chi connectivity index (χ0n) is 12.3. The van der Waals surface area contributed by atoms with Gasteiger partial charge in [-0.05, 0) is 40.2 Å². The van der Waals surface area contributed by atoms with Gasteiger partial charge >= 0.3 is 0 Å². The topological polar surface area (TPSA) is 24.9 Å². The Morgan fingerprint density at radius 3 is 2.42 bits per heavy atom. The van der Waals surface area contributed by atoms with Gasteiger partial charge in [-0.2, -0.15) is 0 Å². The van der Waals surface area contributed by atoms with Crippen LogP contribution in [0.1, 0.15) is 46.6 Å². The molecule has 1 atom stereocenters. The third kappa shape index (κ3) is 3.43. The monoisotopic (exact) mass is 274 g/mol. The first-order valence-electron chi connectivity index (χ1n) is 6.74. The molecule has 1 N–H and O–H groups in total. The van der Waals surface area contributed by atoms with E-state index in [0.29, 0.717) is 6.04 Å². The molecule has 0 aliphatic carbocycles. The van der Waals surface area contributed by atoms with Crippen molar-refractivity contribution in [2.24, 2.45) is 0 Å². The number of hydrogen-bond acceptors (Lipinski definition) is 3. The van der Waals surface area contributed by atoms with Crippen molar-refractivity contribution in [2.45, 2.75) is 46.7 Å². The number of aromatic nitrogens is 1. The van der Waals surface area contributed by atoms with Crippen molar-refractivity contribution in [3.8, 4) is 0 Å². The molecule has 2 nitrogen and oxygen atoms in total. The van der Waals surface area contributed by atoms with Crippen molar-refractivity contribution < 1.29 is 0 Å². The van der Waals surface area contributed by atoms with Gasteiger partial charge in [0.05, 0.1) is 11.7 Å². The van der Waals surface area contributed by atoms with Crippen LogP contribution < -0.4 is 5.32 Å². The Kier molecular flexibility index (Phi) is 4.38. The van der Waals surface area contributed by atoms with Gasteiger partial charge in [0.1, 0.15) is 5.01 Å². The molecule has 0 bridgehead atoms. The number of benzene rings is 1. The molecule has 1 heterocycles. The average Bonchev–Trinajstić information content (AvgIpc) is 2.66. The van der Waals surface area contributed by atoms with E-state index in [-0.39, 0.29) is 6.04 Å². The van der Waals surface area contributed by atoms with Gasteiger partial charge in [0, 0.05) is 10.9 Å². The second kappa shape index (κ2) is 5.85. The second-order valence-corrected chi connectivity index (χ2v) is 6.60. The van der Waals surface area contributed by atoms with Crippen molar-refractivity contribution in [3.63, 3.8) is 0 Å². The molecule has 0 amide bonds. The van der Waals surface area contributed by atoms with Crippen LogP contribution in [0.2, 0.25) is 0 Å². The molecule has 1 aromatic carbocycles. The number of rotatable bonds is 4. The Morgan fingerprint density at radius 1 is 1.16 bits per heavy atom. The Morgan fingerprint density at radius 2 is 1.89 bits per heavy atom. The van der Waals surface area contributed by atoms with E-state index >= 15 is 0 Å². The first-order chi connectivity index (χ1) is 8.97. The zero-order valence-corrected chi connectivity index (χ0v) is 13.1. The quantitative estimate of drug-likeness (QED) is 0.905. The SMILES string of the molecule is Cc1cccc(C(NC(C)C)c2nc(C)c(C)s2)c1. The molecule has 2 rings (SSSR count). The maximum Gasteiger partial charge on any atom is 0.115 e. The van der Waals surface area contributed by atoms with E-state index in [1.54, 1.807) is 11.3 Å². The second-order valence-electron chi connectivity index (χ2n) is 5.36. The van der Waals surface area contributed by atoms with E-state index in [0.717, 1.165) is 10.7 Å². The molecule has 0 spiro atoms. The fourth-order valence-electron chi connectivity index (χ4n) is 2.11. The average molecular weight is 274 g/mol. The summed E-state index contributed by atoms with van der Waals surface area (Å²) in [6.07, 6.45) is 0. The summed E-state index contributed by atoms with van der Waals surface area (Å²) in [6, 6.07) is 9.29. The van der Waals surface area contributed by atoms with E-state index in [1.807, 2.05) is 0 Å². The van der Waals surface area contributed by atoms with Gasteiger partial charge in [0.2, 0.25) is 0 Å². The standard InChI is InChI=1S/C16H22N2S/c1-10(2)17-15(14-8-6-7-11(3)9-14)16-18-12(4)13(5)19-16/h6-10,15,17H,1-5H3. The van der Waals surface area contributed by atoms with Crippen molar-refractivity contribution in [1.29, 1.82) is 0 Å². The molecule has 0 saturated carbocycles. The largest absolute Gasteiger partial charge is 0.302 e. The highest BCUT2D eigenvalue weighted by Gasteiger charge is 2.19. The lowest BCUT2D eigenvalue weighted by molar-refractivity contribution is 0.526. The summed E-state index contributed by atoms with van der Waals surface area (Å²) in [7, 11) is 0.